The number of likely N-dealkylation sites (tertiary alicyclic amines) is 1. The van der Waals surface area contributed by atoms with Crippen LogP contribution in [0.25, 0.3) is 22.5 Å². The summed E-state index contributed by atoms with van der Waals surface area (Å²) in [6.45, 7) is 3.00. The summed E-state index contributed by atoms with van der Waals surface area (Å²) in [7, 11) is 0. The second-order valence-electron chi connectivity index (χ2n) is 6.57. The lowest BCUT2D eigenvalue weighted by Gasteiger charge is -2.33. The number of furan rings is 1. The van der Waals surface area contributed by atoms with Gasteiger partial charge in [-0.25, -0.2) is 9.97 Å². The minimum Gasteiger partial charge on any atom is -0.461 e. The Hall–Kier alpha value is -2.34. The third kappa shape index (κ3) is 3.46. The molecule has 3 heterocycles. The van der Waals surface area contributed by atoms with E-state index in [0.717, 1.165) is 35.3 Å². The molecule has 0 bridgehead atoms. The number of carbonyl (C=O) groups excluding carboxylic acids is 1. The van der Waals surface area contributed by atoms with Gasteiger partial charge in [-0.15, -0.1) is 0 Å². The highest BCUT2D eigenvalue weighted by Gasteiger charge is 2.23. The molecule has 1 aromatic carbocycles. The molecular weight excluding hydrogens is 346 g/mol. The maximum atomic E-state index is 12.7. The first kappa shape index (κ1) is 17.1. The molecule has 1 saturated heterocycles. The first-order chi connectivity index (χ1) is 12.7. The van der Waals surface area contributed by atoms with Crippen molar-refractivity contribution in [1.29, 1.82) is 0 Å². The number of fused-ring (bicyclic) bond motifs is 1. The van der Waals surface area contributed by atoms with E-state index in [0.29, 0.717) is 23.4 Å². The van der Waals surface area contributed by atoms with Gasteiger partial charge >= 0.3 is 0 Å². The first-order valence-corrected chi connectivity index (χ1v) is 9.94. The number of thioether (sulfide) groups is 1. The van der Waals surface area contributed by atoms with Gasteiger partial charge in [0.05, 0.1) is 17.5 Å². The number of benzene rings is 1. The Morgan fingerprint density at radius 2 is 2.12 bits per heavy atom. The van der Waals surface area contributed by atoms with E-state index in [1.807, 2.05) is 41.3 Å². The second kappa shape index (κ2) is 7.50. The Labute approximate surface area is 156 Å². The number of hydrogen-bond acceptors (Lipinski definition) is 5. The van der Waals surface area contributed by atoms with Crippen LogP contribution in [-0.4, -0.2) is 39.1 Å². The quantitative estimate of drug-likeness (QED) is 0.506. The highest BCUT2D eigenvalue weighted by molar-refractivity contribution is 8.00. The molecule has 5 nitrogen and oxygen atoms in total. The smallest absolute Gasteiger partial charge is 0.233 e. The highest BCUT2D eigenvalue weighted by Crippen LogP contribution is 2.29. The lowest BCUT2D eigenvalue weighted by molar-refractivity contribution is -0.131. The average molecular weight is 367 g/mol. The second-order valence-corrected chi connectivity index (χ2v) is 7.53. The van der Waals surface area contributed by atoms with E-state index >= 15 is 0 Å². The fraction of sp³-hybridized carbons (Fsp3) is 0.350. The number of amides is 1. The third-order valence-corrected chi connectivity index (χ3v) is 5.74. The zero-order valence-corrected chi connectivity index (χ0v) is 15.5. The van der Waals surface area contributed by atoms with Crippen LogP contribution in [0.15, 0.2) is 52.1 Å². The van der Waals surface area contributed by atoms with Gasteiger partial charge in [0.25, 0.3) is 0 Å². The number of para-hydroxylation sites is 1. The molecule has 3 aromatic rings. The molecule has 0 aliphatic carbocycles. The number of aromatic nitrogens is 2. The van der Waals surface area contributed by atoms with Gasteiger partial charge in [-0.05, 0) is 44.4 Å². The van der Waals surface area contributed by atoms with Crippen LogP contribution in [0, 0.1) is 0 Å². The van der Waals surface area contributed by atoms with E-state index in [1.165, 1.54) is 18.2 Å². The van der Waals surface area contributed by atoms with E-state index in [4.69, 9.17) is 4.42 Å². The molecule has 1 amide bonds. The zero-order valence-electron chi connectivity index (χ0n) is 14.7. The summed E-state index contributed by atoms with van der Waals surface area (Å²) in [5, 5.41) is 1.78. The van der Waals surface area contributed by atoms with Gasteiger partial charge < -0.3 is 9.32 Å². The molecule has 4 rings (SSSR count). The van der Waals surface area contributed by atoms with Crippen LogP contribution in [0.4, 0.5) is 0 Å². The molecule has 1 aliphatic rings. The molecule has 6 heteroatoms. The molecule has 0 N–H and O–H groups in total. The topological polar surface area (TPSA) is 59.2 Å². The van der Waals surface area contributed by atoms with Crippen molar-refractivity contribution in [2.45, 2.75) is 37.3 Å². The van der Waals surface area contributed by atoms with Gasteiger partial charge in [-0.2, -0.15) is 0 Å². The maximum Gasteiger partial charge on any atom is 0.233 e. The number of rotatable bonds is 4. The summed E-state index contributed by atoms with van der Waals surface area (Å²) in [4.78, 5) is 23.9. The Morgan fingerprint density at radius 1 is 1.23 bits per heavy atom. The normalized spacial score (nSPS) is 17.6. The molecule has 1 unspecified atom stereocenters. The Bertz CT molecular complexity index is 911. The standard InChI is InChI=1S/C20H21N3O2S/c1-14-7-4-5-11-23(14)18(24)13-26-20-15-8-2-3-9-16(15)21-19(22-20)17-10-6-12-25-17/h2-3,6,8-10,12,14H,4-5,7,11,13H2,1H3. The number of nitrogens with zero attached hydrogens (tertiary/aromatic N) is 3. The number of hydrogen-bond donors (Lipinski definition) is 0. The molecule has 1 fully saturated rings. The zero-order chi connectivity index (χ0) is 17.9. The van der Waals surface area contributed by atoms with Crippen LogP contribution in [-0.2, 0) is 4.79 Å². The molecule has 1 aliphatic heterocycles. The summed E-state index contributed by atoms with van der Waals surface area (Å²) in [6, 6.07) is 11.9. The van der Waals surface area contributed by atoms with Crippen molar-refractivity contribution >= 4 is 28.6 Å². The van der Waals surface area contributed by atoms with E-state index in [2.05, 4.69) is 16.9 Å². The Kier molecular flexibility index (Phi) is 4.93. The monoisotopic (exact) mass is 367 g/mol. The summed E-state index contributed by atoms with van der Waals surface area (Å²) in [5.41, 5.74) is 0.857. The van der Waals surface area contributed by atoms with Crippen molar-refractivity contribution in [3.8, 4) is 11.6 Å². The predicted molar refractivity (Wildman–Crippen MR) is 103 cm³/mol. The lowest BCUT2D eigenvalue weighted by Crippen LogP contribution is -2.42. The molecule has 0 radical (unpaired) electrons. The fourth-order valence-electron chi connectivity index (χ4n) is 3.36. The van der Waals surface area contributed by atoms with Crippen LogP contribution in [0.2, 0.25) is 0 Å². The summed E-state index contributed by atoms with van der Waals surface area (Å²) < 4.78 is 5.45. The van der Waals surface area contributed by atoms with Crippen molar-refractivity contribution in [3.63, 3.8) is 0 Å². The molecule has 1 atom stereocenters. The van der Waals surface area contributed by atoms with Crippen LogP contribution in [0.3, 0.4) is 0 Å². The van der Waals surface area contributed by atoms with Crippen molar-refractivity contribution < 1.29 is 9.21 Å². The Balaban J connectivity index is 1.60. The molecule has 0 saturated carbocycles. The number of piperidine rings is 1. The predicted octanol–water partition coefficient (Wildman–Crippen LogP) is 4.38. The molecular formula is C20H21N3O2S. The van der Waals surface area contributed by atoms with Crippen molar-refractivity contribution in [3.05, 3.63) is 42.7 Å². The Morgan fingerprint density at radius 3 is 2.92 bits per heavy atom. The van der Waals surface area contributed by atoms with Crippen molar-refractivity contribution in [1.82, 2.24) is 14.9 Å². The van der Waals surface area contributed by atoms with Gasteiger partial charge in [0, 0.05) is 18.0 Å². The van der Waals surface area contributed by atoms with Gasteiger partial charge in [0.2, 0.25) is 5.91 Å². The molecule has 2 aromatic heterocycles. The average Bonchev–Trinajstić information content (AvgIpc) is 3.21. The fourth-order valence-corrected chi connectivity index (χ4v) is 4.26. The van der Waals surface area contributed by atoms with Gasteiger partial charge in [0.1, 0.15) is 5.03 Å². The lowest BCUT2D eigenvalue weighted by atomic mass is 10.0. The van der Waals surface area contributed by atoms with Crippen LogP contribution >= 0.6 is 11.8 Å². The van der Waals surface area contributed by atoms with Crippen LogP contribution < -0.4 is 0 Å². The van der Waals surface area contributed by atoms with Gasteiger partial charge in [-0.1, -0.05) is 30.0 Å². The number of carbonyl (C=O) groups is 1. The van der Waals surface area contributed by atoms with Crippen molar-refractivity contribution in [2.24, 2.45) is 0 Å². The van der Waals surface area contributed by atoms with E-state index in [-0.39, 0.29) is 5.91 Å². The SMILES string of the molecule is CC1CCCCN1C(=O)CSc1nc(-c2ccco2)nc2ccccc12. The van der Waals surface area contributed by atoms with Crippen molar-refractivity contribution in [2.75, 3.05) is 12.3 Å². The molecule has 26 heavy (non-hydrogen) atoms. The van der Waals surface area contributed by atoms with Crippen LogP contribution in [0.1, 0.15) is 26.2 Å². The highest BCUT2D eigenvalue weighted by atomic mass is 32.2. The summed E-state index contributed by atoms with van der Waals surface area (Å²) in [5.74, 6) is 1.76. The van der Waals surface area contributed by atoms with E-state index in [1.54, 1.807) is 6.26 Å². The summed E-state index contributed by atoms with van der Waals surface area (Å²) in [6.07, 6.45) is 5.01. The molecule has 134 valence electrons. The minimum absolute atomic E-state index is 0.185. The van der Waals surface area contributed by atoms with Gasteiger partial charge in [0.15, 0.2) is 11.6 Å². The van der Waals surface area contributed by atoms with Gasteiger partial charge in [-0.3, -0.25) is 4.79 Å². The third-order valence-electron chi connectivity index (χ3n) is 4.77. The maximum absolute atomic E-state index is 12.7. The van der Waals surface area contributed by atoms with E-state index < -0.39 is 0 Å². The minimum atomic E-state index is 0.185. The van der Waals surface area contributed by atoms with Crippen LogP contribution in [0.5, 0.6) is 0 Å². The largest absolute Gasteiger partial charge is 0.461 e. The molecule has 0 spiro atoms. The van der Waals surface area contributed by atoms with E-state index in [9.17, 15) is 4.79 Å². The summed E-state index contributed by atoms with van der Waals surface area (Å²) >= 11 is 1.48. The first-order valence-electron chi connectivity index (χ1n) is 8.95.